The summed E-state index contributed by atoms with van der Waals surface area (Å²) in [6, 6.07) is 17.8. The Balaban J connectivity index is 1.60. The smallest absolute Gasteiger partial charge is 0.217 e. The van der Waals surface area contributed by atoms with E-state index in [0.29, 0.717) is 5.82 Å². The number of halogens is 1. The van der Waals surface area contributed by atoms with E-state index in [1.807, 2.05) is 61.5 Å². The largest absolute Gasteiger partial charge is 0.235 e. The molecule has 7 nitrogen and oxygen atoms in total. The Bertz CT molecular complexity index is 1260. The summed E-state index contributed by atoms with van der Waals surface area (Å²) < 4.78 is 4.55. The Morgan fingerprint density at radius 1 is 0.963 bits per heavy atom. The predicted octanol–water partition coefficient (Wildman–Crippen LogP) is 4.17. The molecule has 0 atom stereocenters. The van der Waals surface area contributed by atoms with Crippen molar-refractivity contribution in [2.45, 2.75) is 6.92 Å². The first-order valence-electron chi connectivity index (χ1n) is 8.17. The molecule has 0 saturated heterocycles. The Morgan fingerprint density at radius 2 is 1.81 bits per heavy atom. The van der Waals surface area contributed by atoms with Crippen molar-refractivity contribution in [1.29, 1.82) is 0 Å². The van der Waals surface area contributed by atoms with Crippen LogP contribution in [0.3, 0.4) is 0 Å². The van der Waals surface area contributed by atoms with E-state index in [9.17, 15) is 0 Å². The molecule has 3 heterocycles. The maximum absolute atomic E-state index is 4.69. The molecule has 0 saturated carbocycles. The van der Waals surface area contributed by atoms with Gasteiger partial charge >= 0.3 is 0 Å². The van der Waals surface area contributed by atoms with Crippen molar-refractivity contribution in [1.82, 2.24) is 34.8 Å². The fraction of sp³-hybridized carbons (Fsp3) is 0.0556. The lowest BCUT2D eigenvalue weighted by atomic mass is 10.2. The van der Waals surface area contributed by atoms with Gasteiger partial charge in [-0.1, -0.05) is 68.9 Å². The van der Waals surface area contributed by atoms with Gasteiger partial charge in [-0.3, -0.25) is 0 Å². The highest BCUT2D eigenvalue weighted by molar-refractivity contribution is 9.10. The van der Waals surface area contributed by atoms with Crippen molar-refractivity contribution < 1.29 is 0 Å². The van der Waals surface area contributed by atoms with Crippen molar-refractivity contribution >= 4 is 32.2 Å². The molecule has 0 aliphatic heterocycles. The second-order valence-electron chi connectivity index (χ2n) is 5.91. The highest BCUT2D eigenvalue weighted by Crippen LogP contribution is 2.29. The van der Waals surface area contributed by atoms with Gasteiger partial charge in [0.1, 0.15) is 5.69 Å². The minimum atomic E-state index is 0.713. The number of fused-ring (bicyclic) bond motifs is 1. The zero-order chi connectivity index (χ0) is 18.4. The molecule has 0 amide bonds. The van der Waals surface area contributed by atoms with Crippen LogP contribution in [0.2, 0.25) is 0 Å². The van der Waals surface area contributed by atoms with Gasteiger partial charge in [-0.15, -0.1) is 15.3 Å². The molecule has 27 heavy (non-hydrogen) atoms. The van der Waals surface area contributed by atoms with E-state index in [1.54, 1.807) is 9.20 Å². The summed E-state index contributed by atoms with van der Waals surface area (Å²) in [6.07, 6.45) is 0. The summed E-state index contributed by atoms with van der Waals surface area (Å²) in [5.41, 5.74) is 3.56. The van der Waals surface area contributed by atoms with Gasteiger partial charge in [-0.25, -0.2) is 4.68 Å². The molecule has 0 fully saturated rings. The summed E-state index contributed by atoms with van der Waals surface area (Å²) in [4.78, 5) is 0.722. The number of hydrogen-bond acceptors (Lipinski definition) is 6. The Kier molecular flexibility index (Phi) is 3.83. The minimum Gasteiger partial charge on any atom is -0.217 e. The van der Waals surface area contributed by atoms with Crippen LogP contribution in [0, 0.1) is 6.92 Å². The molecule has 0 N–H and O–H groups in total. The molecule has 0 unspecified atom stereocenters. The average molecular weight is 438 g/mol. The summed E-state index contributed by atoms with van der Waals surface area (Å²) in [5, 5.41) is 22.6. The van der Waals surface area contributed by atoms with Crippen molar-refractivity contribution in [2.75, 3.05) is 0 Å². The zero-order valence-corrected chi connectivity index (χ0v) is 16.5. The van der Waals surface area contributed by atoms with Gasteiger partial charge in [0.25, 0.3) is 0 Å². The number of hydrogen-bond donors (Lipinski definition) is 0. The number of rotatable bonds is 3. The van der Waals surface area contributed by atoms with Crippen LogP contribution >= 0.6 is 27.3 Å². The van der Waals surface area contributed by atoms with Gasteiger partial charge < -0.3 is 0 Å². The maximum atomic E-state index is 4.69. The van der Waals surface area contributed by atoms with Crippen LogP contribution in [0.15, 0.2) is 59.1 Å². The Hall–Kier alpha value is -2.91. The highest BCUT2D eigenvalue weighted by Gasteiger charge is 2.19. The molecule has 132 valence electrons. The van der Waals surface area contributed by atoms with Crippen LogP contribution < -0.4 is 0 Å². The Morgan fingerprint density at radius 3 is 2.63 bits per heavy atom. The van der Waals surface area contributed by atoms with Crippen molar-refractivity contribution in [3.63, 3.8) is 0 Å². The van der Waals surface area contributed by atoms with Crippen LogP contribution in [-0.2, 0) is 0 Å². The number of nitrogens with zero attached hydrogens (tertiary/aromatic N) is 7. The van der Waals surface area contributed by atoms with E-state index in [1.165, 1.54) is 11.3 Å². The second kappa shape index (κ2) is 6.36. The quantitative estimate of drug-likeness (QED) is 0.423. The van der Waals surface area contributed by atoms with Crippen molar-refractivity contribution in [2.24, 2.45) is 0 Å². The summed E-state index contributed by atoms with van der Waals surface area (Å²) in [6.45, 7) is 1.98. The summed E-state index contributed by atoms with van der Waals surface area (Å²) >= 11 is 4.94. The summed E-state index contributed by atoms with van der Waals surface area (Å²) in [7, 11) is 0. The van der Waals surface area contributed by atoms with Gasteiger partial charge in [-0.2, -0.15) is 9.61 Å². The standard InChI is InChI=1S/C18H12BrN7S/c1-11-15(20-24-25(11)14-9-5-8-13(19)10-14)17-23-26-16(21-22-18(26)27-17)12-6-3-2-4-7-12/h2-10H,1H3. The first-order chi connectivity index (χ1) is 13.2. The molecule has 0 radical (unpaired) electrons. The SMILES string of the molecule is Cc1c(-c2nn3c(-c4ccccc4)nnc3s2)nnn1-c1cccc(Br)c1. The molecule has 2 aromatic carbocycles. The van der Waals surface area contributed by atoms with Gasteiger partial charge in [-0.05, 0) is 25.1 Å². The third-order valence-corrected chi connectivity index (χ3v) is 5.57. The molecule has 0 bridgehead atoms. The van der Waals surface area contributed by atoms with Crippen molar-refractivity contribution in [3.8, 4) is 27.8 Å². The number of benzene rings is 2. The summed E-state index contributed by atoms with van der Waals surface area (Å²) in [5.74, 6) is 0.713. The van der Waals surface area contributed by atoms with Gasteiger partial charge in [0.05, 0.1) is 11.4 Å². The van der Waals surface area contributed by atoms with Crippen molar-refractivity contribution in [3.05, 3.63) is 64.8 Å². The lowest BCUT2D eigenvalue weighted by Gasteiger charge is -2.03. The Labute approximate surface area is 166 Å². The normalized spacial score (nSPS) is 11.3. The van der Waals surface area contributed by atoms with Crippen LogP contribution in [0.1, 0.15) is 5.69 Å². The molecule has 0 aliphatic carbocycles. The molecular formula is C18H12BrN7S. The highest BCUT2D eigenvalue weighted by atomic mass is 79.9. The molecule has 0 spiro atoms. The molecule has 3 aromatic heterocycles. The van der Waals surface area contributed by atoms with Crippen LogP contribution in [0.25, 0.3) is 32.7 Å². The molecule has 5 rings (SSSR count). The molecular weight excluding hydrogens is 426 g/mol. The first-order valence-corrected chi connectivity index (χ1v) is 9.78. The second-order valence-corrected chi connectivity index (χ2v) is 7.78. The zero-order valence-electron chi connectivity index (χ0n) is 14.1. The minimum absolute atomic E-state index is 0.713. The van der Waals surface area contributed by atoms with Gasteiger partial charge in [0.15, 0.2) is 10.8 Å². The van der Waals surface area contributed by atoms with E-state index in [-0.39, 0.29) is 0 Å². The lowest BCUT2D eigenvalue weighted by molar-refractivity contribution is 0.785. The monoisotopic (exact) mass is 437 g/mol. The predicted molar refractivity (Wildman–Crippen MR) is 107 cm³/mol. The first kappa shape index (κ1) is 16.3. The third kappa shape index (κ3) is 2.75. The van der Waals surface area contributed by atoms with Crippen LogP contribution in [0.4, 0.5) is 0 Å². The maximum Gasteiger partial charge on any atom is 0.235 e. The van der Waals surface area contributed by atoms with E-state index < -0.39 is 0 Å². The van der Waals surface area contributed by atoms with E-state index in [0.717, 1.165) is 37.1 Å². The lowest BCUT2D eigenvalue weighted by Crippen LogP contribution is -1.99. The fourth-order valence-electron chi connectivity index (χ4n) is 2.86. The van der Waals surface area contributed by atoms with Gasteiger partial charge in [0.2, 0.25) is 4.96 Å². The van der Waals surface area contributed by atoms with Crippen LogP contribution in [0.5, 0.6) is 0 Å². The van der Waals surface area contributed by atoms with E-state index >= 15 is 0 Å². The van der Waals surface area contributed by atoms with E-state index in [2.05, 4.69) is 41.5 Å². The molecule has 5 aromatic rings. The molecule has 0 aliphatic rings. The van der Waals surface area contributed by atoms with Gasteiger partial charge in [0, 0.05) is 10.0 Å². The van der Waals surface area contributed by atoms with E-state index in [4.69, 9.17) is 0 Å². The average Bonchev–Trinajstić information content (AvgIpc) is 3.36. The molecule has 9 heteroatoms. The van der Waals surface area contributed by atoms with Crippen LogP contribution in [-0.4, -0.2) is 34.8 Å². The topological polar surface area (TPSA) is 73.8 Å². The number of aromatic nitrogens is 7. The fourth-order valence-corrected chi connectivity index (χ4v) is 4.12. The third-order valence-electron chi connectivity index (χ3n) is 4.17.